The second kappa shape index (κ2) is 13.3. The first kappa shape index (κ1) is 23.2. The van der Waals surface area contributed by atoms with E-state index in [-0.39, 0.29) is 17.2 Å². The van der Waals surface area contributed by atoms with E-state index in [1.54, 1.807) is 24.3 Å². The van der Waals surface area contributed by atoms with Crippen molar-refractivity contribution in [2.75, 3.05) is 6.61 Å². The zero-order chi connectivity index (χ0) is 20.1. The third-order valence-corrected chi connectivity index (χ3v) is 4.46. The highest BCUT2D eigenvalue weighted by Crippen LogP contribution is 2.16. The lowest BCUT2D eigenvalue weighted by atomic mass is 10.1. The summed E-state index contributed by atoms with van der Waals surface area (Å²) in [6, 6.07) is 6.71. The van der Waals surface area contributed by atoms with Crippen LogP contribution in [0.5, 0.6) is 0 Å². The molecule has 0 N–H and O–H groups in total. The van der Waals surface area contributed by atoms with E-state index in [1.165, 1.54) is 32.1 Å². The van der Waals surface area contributed by atoms with E-state index in [2.05, 4.69) is 20.8 Å². The van der Waals surface area contributed by atoms with Gasteiger partial charge in [0.2, 0.25) is 0 Å². The van der Waals surface area contributed by atoms with Gasteiger partial charge in [-0.15, -0.1) is 0 Å². The molecule has 0 saturated heterocycles. The van der Waals surface area contributed by atoms with Crippen LogP contribution in [0.1, 0.15) is 99.8 Å². The molecule has 0 spiro atoms. The quantitative estimate of drug-likeness (QED) is 0.304. The van der Waals surface area contributed by atoms with Crippen LogP contribution in [0.25, 0.3) is 0 Å². The Morgan fingerprint density at radius 3 is 2.00 bits per heavy atom. The molecule has 0 heterocycles. The summed E-state index contributed by atoms with van der Waals surface area (Å²) >= 11 is 0. The number of esters is 2. The molecular weight excluding hydrogens is 340 g/mol. The van der Waals surface area contributed by atoms with Crippen LogP contribution >= 0.6 is 0 Å². The van der Waals surface area contributed by atoms with Gasteiger partial charge in [0.05, 0.1) is 23.8 Å². The van der Waals surface area contributed by atoms with Crippen molar-refractivity contribution < 1.29 is 19.1 Å². The monoisotopic (exact) mass is 376 g/mol. The summed E-state index contributed by atoms with van der Waals surface area (Å²) in [5.74, 6) is -0.480. The molecule has 4 heteroatoms. The lowest BCUT2D eigenvalue weighted by Crippen LogP contribution is -2.20. The van der Waals surface area contributed by atoms with Crippen LogP contribution < -0.4 is 0 Å². The van der Waals surface area contributed by atoms with Gasteiger partial charge in [-0.3, -0.25) is 0 Å². The van der Waals surface area contributed by atoms with Crippen molar-refractivity contribution in [2.24, 2.45) is 5.92 Å². The first-order chi connectivity index (χ1) is 13.0. The highest BCUT2D eigenvalue weighted by atomic mass is 16.5. The standard InChI is InChI=1S/C23H36O4/c1-5-6-7-8-9-10-13-16-26-22(24)20-14-11-12-15-21(20)23(25)27-19(4)17-18(2)3/h11-12,14-15,18-19H,5-10,13,16-17H2,1-4H3. The highest BCUT2D eigenvalue weighted by molar-refractivity contribution is 6.03. The van der Waals surface area contributed by atoms with Crippen LogP contribution in [0, 0.1) is 5.92 Å². The lowest BCUT2D eigenvalue weighted by molar-refractivity contribution is 0.0288. The van der Waals surface area contributed by atoms with E-state index in [9.17, 15) is 9.59 Å². The second-order valence-corrected chi connectivity index (χ2v) is 7.65. The molecule has 0 bridgehead atoms. The van der Waals surface area contributed by atoms with Gasteiger partial charge in [0.1, 0.15) is 0 Å². The number of hydrogen-bond donors (Lipinski definition) is 0. The Kier molecular flexibility index (Phi) is 11.5. The zero-order valence-electron chi connectivity index (χ0n) is 17.5. The van der Waals surface area contributed by atoms with Gasteiger partial charge in [-0.05, 0) is 37.8 Å². The Labute approximate surface area is 164 Å². The lowest BCUT2D eigenvalue weighted by Gasteiger charge is -2.16. The molecule has 0 aliphatic heterocycles. The number of ether oxygens (including phenoxy) is 2. The van der Waals surface area contributed by atoms with Crippen molar-refractivity contribution >= 4 is 11.9 Å². The van der Waals surface area contributed by atoms with Crippen molar-refractivity contribution in [1.29, 1.82) is 0 Å². The summed E-state index contributed by atoms with van der Waals surface area (Å²) in [6.45, 7) is 8.63. The predicted octanol–water partition coefficient (Wildman–Crippen LogP) is 6.19. The average Bonchev–Trinajstić information content (AvgIpc) is 2.63. The van der Waals surface area contributed by atoms with Gasteiger partial charge in [-0.25, -0.2) is 9.59 Å². The number of benzene rings is 1. The highest BCUT2D eigenvalue weighted by Gasteiger charge is 2.20. The zero-order valence-corrected chi connectivity index (χ0v) is 17.5. The number of hydrogen-bond acceptors (Lipinski definition) is 4. The molecule has 0 aliphatic rings. The molecule has 0 aliphatic carbocycles. The second-order valence-electron chi connectivity index (χ2n) is 7.65. The van der Waals surface area contributed by atoms with Gasteiger partial charge < -0.3 is 9.47 Å². The fourth-order valence-corrected chi connectivity index (χ4v) is 3.10. The van der Waals surface area contributed by atoms with E-state index in [0.29, 0.717) is 12.5 Å². The Morgan fingerprint density at radius 2 is 1.41 bits per heavy atom. The molecule has 0 fully saturated rings. The number of carbonyl (C=O) groups excluding carboxylic acids is 2. The minimum Gasteiger partial charge on any atom is -0.462 e. The van der Waals surface area contributed by atoms with E-state index in [4.69, 9.17) is 9.47 Å². The molecule has 1 atom stereocenters. The first-order valence-electron chi connectivity index (χ1n) is 10.4. The summed E-state index contributed by atoms with van der Waals surface area (Å²) in [5.41, 5.74) is 0.555. The van der Waals surface area contributed by atoms with Crippen LogP contribution in [0.3, 0.4) is 0 Å². The smallest absolute Gasteiger partial charge is 0.339 e. The number of unbranched alkanes of at least 4 members (excludes halogenated alkanes) is 6. The third kappa shape index (κ3) is 9.60. The molecule has 0 amide bonds. The van der Waals surface area contributed by atoms with Crippen molar-refractivity contribution in [3.05, 3.63) is 35.4 Å². The van der Waals surface area contributed by atoms with Gasteiger partial charge in [0.15, 0.2) is 0 Å². The Balaban J connectivity index is 2.47. The van der Waals surface area contributed by atoms with Gasteiger partial charge in [0.25, 0.3) is 0 Å². The number of rotatable bonds is 13. The Bertz CT molecular complexity index is 565. The maximum atomic E-state index is 12.4. The average molecular weight is 377 g/mol. The van der Waals surface area contributed by atoms with Crippen LogP contribution in [-0.4, -0.2) is 24.6 Å². The van der Waals surface area contributed by atoms with Crippen molar-refractivity contribution in [3.8, 4) is 0 Å². The van der Waals surface area contributed by atoms with Crippen LogP contribution in [0.2, 0.25) is 0 Å². The topological polar surface area (TPSA) is 52.6 Å². The summed E-state index contributed by atoms with van der Waals surface area (Å²) in [6.07, 6.45) is 8.75. The molecule has 27 heavy (non-hydrogen) atoms. The molecule has 0 aromatic heterocycles. The summed E-state index contributed by atoms with van der Waals surface area (Å²) in [5, 5.41) is 0. The van der Waals surface area contributed by atoms with Crippen LogP contribution in [0.15, 0.2) is 24.3 Å². The van der Waals surface area contributed by atoms with Gasteiger partial charge in [-0.2, -0.15) is 0 Å². The third-order valence-electron chi connectivity index (χ3n) is 4.46. The molecule has 1 unspecified atom stereocenters. The Hall–Kier alpha value is -1.84. The normalized spacial score (nSPS) is 12.0. The minimum absolute atomic E-state index is 0.186. The molecule has 0 saturated carbocycles. The largest absolute Gasteiger partial charge is 0.462 e. The Morgan fingerprint density at radius 1 is 0.852 bits per heavy atom. The van der Waals surface area contributed by atoms with E-state index in [0.717, 1.165) is 19.3 Å². The minimum atomic E-state index is -0.466. The van der Waals surface area contributed by atoms with Crippen molar-refractivity contribution in [3.63, 3.8) is 0 Å². The van der Waals surface area contributed by atoms with Crippen LogP contribution in [-0.2, 0) is 9.47 Å². The van der Waals surface area contributed by atoms with Gasteiger partial charge >= 0.3 is 11.9 Å². The number of carbonyl (C=O) groups is 2. The van der Waals surface area contributed by atoms with Crippen LogP contribution in [0.4, 0.5) is 0 Å². The summed E-state index contributed by atoms with van der Waals surface area (Å²) in [7, 11) is 0. The summed E-state index contributed by atoms with van der Waals surface area (Å²) < 4.78 is 10.9. The van der Waals surface area contributed by atoms with E-state index < -0.39 is 11.9 Å². The molecule has 1 aromatic rings. The van der Waals surface area contributed by atoms with Gasteiger partial charge in [0, 0.05) is 0 Å². The predicted molar refractivity (Wildman–Crippen MR) is 109 cm³/mol. The molecule has 152 valence electrons. The van der Waals surface area contributed by atoms with Crippen molar-refractivity contribution in [2.45, 2.75) is 85.2 Å². The molecule has 1 rings (SSSR count). The maximum Gasteiger partial charge on any atom is 0.339 e. The maximum absolute atomic E-state index is 12.4. The molecule has 0 radical (unpaired) electrons. The fourth-order valence-electron chi connectivity index (χ4n) is 3.10. The molecular formula is C23H36O4. The molecule has 4 nitrogen and oxygen atoms in total. The first-order valence-corrected chi connectivity index (χ1v) is 10.4. The van der Waals surface area contributed by atoms with E-state index in [1.807, 2.05) is 6.92 Å². The fraction of sp³-hybridized carbons (Fsp3) is 0.652. The van der Waals surface area contributed by atoms with Crippen molar-refractivity contribution in [1.82, 2.24) is 0 Å². The molecule has 1 aromatic carbocycles. The summed E-state index contributed by atoms with van der Waals surface area (Å²) in [4.78, 5) is 24.8. The van der Waals surface area contributed by atoms with Gasteiger partial charge in [-0.1, -0.05) is 71.4 Å². The SMILES string of the molecule is CCCCCCCCCOC(=O)c1ccccc1C(=O)OC(C)CC(C)C. The van der Waals surface area contributed by atoms with E-state index >= 15 is 0 Å².